The van der Waals surface area contributed by atoms with Crippen LogP contribution in [-0.4, -0.2) is 13.1 Å². The van der Waals surface area contributed by atoms with Gasteiger partial charge in [-0.05, 0) is 79.9 Å². The summed E-state index contributed by atoms with van der Waals surface area (Å²) in [6.07, 6.45) is 11.2. The van der Waals surface area contributed by atoms with Crippen LogP contribution in [0.5, 0.6) is 0 Å². The van der Waals surface area contributed by atoms with Gasteiger partial charge in [-0.3, -0.25) is 0 Å². The van der Waals surface area contributed by atoms with Crippen LogP contribution in [0.4, 0.5) is 0 Å². The molecule has 0 atom stereocenters. The molecule has 0 aliphatic heterocycles. The number of methoxy groups -OCH3 is 1. The Bertz CT molecular complexity index is 503. The second kappa shape index (κ2) is 7.51. The highest BCUT2D eigenvalue weighted by Crippen LogP contribution is 2.43. The van der Waals surface area contributed by atoms with Gasteiger partial charge in [-0.1, -0.05) is 31.9 Å². The Morgan fingerprint density at radius 1 is 0.870 bits per heavy atom. The normalized spacial score (nSPS) is 31.6. The predicted octanol–water partition coefficient (Wildman–Crippen LogP) is 5.57. The van der Waals surface area contributed by atoms with Crippen molar-refractivity contribution in [1.82, 2.24) is 0 Å². The molecule has 2 aliphatic carbocycles. The molecule has 3 rings (SSSR count). The maximum Gasteiger partial charge on any atom is 0.337 e. The maximum absolute atomic E-state index is 11.5. The highest BCUT2D eigenvalue weighted by atomic mass is 16.5. The average molecular weight is 314 g/mol. The van der Waals surface area contributed by atoms with Crippen molar-refractivity contribution >= 4 is 5.97 Å². The standard InChI is InChI=1S/C21H30O2/c1-15-3-5-16(6-4-15)17-7-9-18(10-8-17)19-11-13-20(14-12-19)21(22)23-2/h11-18H,3-10H2,1-2H3. The molecule has 0 aromatic heterocycles. The predicted molar refractivity (Wildman–Crippen MR) is 93.6 cm³/mol. The number of esters is 1. The molecule has 0 bridgehead atoms. The zero-order chi connectivity index (χ0) is 16.2. The smallest absolute Gasteiger partial charge is 0.337 e. The molecule has 2 saturated carbocycles. The Labute approximate surface area is 140 Å². The first kappa shape index (κ1) is 16.5. The van der Waals surface area contributed by atoms with E-state index in [0.29, 0.717) is 11.5 Å². The van der Waals surface area contributed by atoms with Crippen molar-refractivity contribution in [3.63, 3.8) is 0 Å². The summed E-state index contributed by atoms with van der Waals surface area (Å²) in [6, 6.07) is 8.07. The van der Waals surface area contributed by atoms with E-state index in [9.17, 15) is 4.79 Å². The molecule has 0 saturated heterocycles. The number of benzene rings is 1. The minimum atomic E-state index is -0.244. The third kappa shape index (κ3) is 3.97. The molecule has 0 heterocycles. The molecular weight excluding hydrogens is 284 g/mol. The van der Waals surface area contributed by atoms with Gasteiger partial charge in [0.15, 0.2) is 0 Å². The van der Waals surface area contributed by atoms with E-state index < -0.39 is 0 Å². The molecule has 0 N–H and O–H groups in total. The Balaban J connectivity index is 1.53. The van der Waals surface area contributed by atoms with Crippen LogP contribution in [0.2, 0.25) is 0 Å². The highest BCUT2D eigenvalue weighted by Gasteiger charge is 2.30. The van der Waals surface area contributed by atoms with E-state index in [4.69, 9.17) is 4.74 Å². The molecule has 0 unspecified atom stereocenters. The summed E-state index contributed by atoms with van der Waals surface area (Å²) in [5, 5.41) is 0. The van der Waals surface area contributed by atoms with Gasteiger partial charge in [0.05, 0.1) is 12.7 Å². The highest BCUT2D eigenvalue weighted by molar-refractivity contribution is 5.89. The first-order valence-corrected chi connectivity index (χ1v) is 9.35. The molecule has 0 amide bonds. The molecule has 2 fully saturated rings. The Morgan fingerprint density at radius 3 is 1.91 bits per heavy atom. The lowest BCUT2D eigenvalue weighted by molar-refractivity contribution is 0.0600. The van der Waals surface area contributed by atoms with Crippen LogP contribution in [0.1, 0.15) is 80.1 Å². The van der Waals surface area contributed by atoms with E-state index in [2.05, 4.69) is 19.1 Å². The van der Waals surface area contributed by atoms with Crippen molar-refractivity contribution in [2.75, 3.05) is 7.11 Å². The molecule has 0 radical (unpaired) electrons. The summed E-state index contributed by atoms with van der Waals surface area (Å²) in [4.78, 5) is 11.5. The minimum Gasteiger partial charge on any atom is -0.465 e. The Hall–Kier alpha value is -1.31. The summed E-state index contributed by atoms with van der Waals surface area (Å²) >= 11 is 0. The summed E-state index contributed by atoms with van der Waals surface area (Å²) in [6.45, 7) is 2.41. The lowest BCUT2D eigenvalue weighted by Gasteiger charge is -2.37. The quantitative estimate of drug-likeness (QED) is 0.681. The van der Waals surface area contributed by atoms with Crippen LogP contribution in [0.25, 0.3) is 0 Å². The van der Waals surface area contributed by atoms with Gasteiger partial charge in [-0.2, -0.15) is 0 Å². The first-order chi connectivity index (χ1) is 11.2. The molecule has 2 aliphatic rings. The van der Waals surface area contributed by atoms with E-state index in [0.717, 1.165) is 17.8 Å². The number of hydrogen-bond acceptors (Lipinski definition) is 2. The summed E-state index contributed by atoms with van der Waals surface area (Å²) in [7, 11) is 1.43. The van der Waals surface area contributed by atoms with Crippen LogP contribution in [-0.2, 0) is 4.74 Å². The summed E-state index contributed by atoms with van der Waals surface area (Å²) in [5.74, 6) is 3.35. The molecule has 1 aromatic carbocycles. The first-order valence-electron chi connectivity index (χ1n) is 9.35. The van der Waals surface area contributed by atoms with Crippen molar-refractivity contribution in [3.8, 4) is 0 Å². The van der Waals surface area contributed by atoms with Crippen LogP contribution >= 0.6 is 0 Å². The number of hydrogen-bond donors (Lipinski definition) is 0. The van der Waals surface area contributed by atoms with E-state index in [1.165, 1.54) is 64.0 Å². The van der Waals surface area contributed by atoms with E-state index in [-0.39, 0.29) is 5.97 Å². The molecule has 0 spiro atoms. The van der Waals surface area contributed by atoms with Crippen LogP contribution < -0.4 is 0 Å². The molecule has 1 aromatic rings. The fourth-order valence-electron chi connectivity index (χ4n) is 4.69. The van der Waals surface area contributed by atoms with Gasteiger partial charge in [0.2, 0.25) is 0 Å². The third-order valence-electron chi connectivity index (χ3n) is 6.30. The lowest BCUT2D eigenvalue weighted by Crippen LogP contribution is -2.24. The maximum atomic E-state index is 11.5. The zero-order valence-corrected chi connectivity index (χ0v) is 14.6. The van der Waals surface area contributed by atoms with Crippen LogP contribution in [0.15, 0.2) is 24.3 Å². The average Bonchev–Trinajstić information content (AvgIpc) is 2.62. The molecular formula is C21H30O2. The monoisotopic (exact) mass is 314 g/mol. The Morgan fingerprint density at radius 2 is 1.39 bits per heavy atom. The lowest BCUT2D eigenvalue weighted by atomic mass is 9.68. The van der Waals surface area contributed by atoms with Crippen molar-refractivity contribution in [1.29, 1.82) is 0 Å². The second-order valence-corrected chi connectivity index (χ2v) is 7.75. The SMILES string of the molecule is COC(=O)c1ccc(C2CCC(C3CCC(C)CC3)CC2)cc1. The van der Waals surface area contributed by atoms with Gasteiger partial charge >= 0.3 is 5.97 Å². The molecule has 126 valence electrons. The fourth-order valence-corrected chi connectivity index (χ4v) is 4.69. The Kier molecular flexibility index (Phi) is 5.40. The van der Waals surface area contributed by atoms with Gasteiger partial charge in [0.25, 0.3) is 0 Å². The number of ether oxygens (including phenoxy) is 1. The number of carbonyl (C=O) groups excluding carboxylic acids is 1. The molecule has 2 heteroatoms. The second-order valence-electron chi connectivity index (χ2n) is 7.75. The minimum absolute atomic E-state index is 0.244. The summed E-state index contributed by atoms with van der Waals surface area (Å²) in [5.41, 5.74) is 2.05. The fraction of sp³-hybridized carbons (Fsp3) is 0.667. The van der Waals surface area contributed by atoms with E-state index in [1.54, 1.807) is 0 Å². The zero-order valence-electron chi connectivity index (χ0n) is 14.6. The van der Waals surface area contributed by atoms with Gasteiger partial charge in [-0.25, -0.2) is 4.79 Å². The van der Waals surface area contributed by atoms with E-state index >= 15 is 0 Å². The summed E-state index contributed by atoms with van der Waals surface area (Å²) < 4.78 is 4.77. The van der Waals surface area contributed by atoms with Crippen molar-refractivity contribution in [2.24, 2.45) is 17.8 Å². The largest absolute Gasteiger partial charge is 0.465 e. The van der Waals surface area contributed by atoms with Crippen molar-refractivity contribution < 1.29 is 9.53 Å². The van der Waals surface area contributed by atoms with Crippen molar-refractivity contribution in [2.45, 2.75) is 64.2 Å². The number of rotatable bonds is 3. The molecule has 2 nitrogen and oxygen atoms in total. The van der Waals surface area contributed by atoms with Gasteiger partial charge in [0.1, 0.15) is 0 Å². The molecule has 23 heavy (non-hydrogen) atoms. The third-order valence-corrected chi connectivity index (χ3v) is 6.30. The van der Waals surface area contributed by atoms with Crippen molar-refractivity contribution in [3.05, 3.63) is 35.4 Å². The number of carbonyl (C=O) groups is 1. The van der Waals surface area contributed by atoms with E-state index in [1.807, 2.05) is 12.1 Å². The van der Waals surface area contributed by atoms with Gasteiger partial charge in [-0.15, -0.1) is 0 Å². The van der Waals surface area contributed by atoms with Crippen LogP contribution in [0.3, 0.4) is 0 Å². The van der Waals surface area contributed by atoms with Crippen LogP contribution in [0, 0.1) is 17.8 Å². The topological polar surface area (TPSA) is 26.3 Å². The van der Waals surface area contributed by atoms with Gasteiger partial charge < -0.3 is 4.74 Å². The van der Waals surface area contributed by atoms with Gasteiger partial charge in [0, 0.05) is 0 Å².